The molecule has 0 radical (unpaired) electrons. The fourth-order valence-corrected chi connectivity index (χ4v) is 2.63. The van der Waals surface area contributed by atoms with E-state index in [9.17, 15) is 4.79 Å². The quantitative estimate of drug-likeness (QED) is 0.870. The van der Waals surface area contributed by atoms with Crippen LogP contribution in [-0.2, 0) is 4.79 Å². The van der Waals surface area contributed by atoms with Crippen molar-refractivity contribution in [2.75, 3.05) is 5.32 Å². The number of hydrogen-bond acceptors (Lipinski definition) is 2. The predicted molar refractivity (Wildman–Crippen MR) is 77.7 cm³/mol. The van der Waals surface area contributed by atoms with Gasteiger partial charge in [0.15, 0.2) is 0 Å². The van der Waals surface area contributed by atoms with Crippen molar-refractivity contribution in [2.45, 2.75) is 31.7 Å². The van der Waals surface area contributed by atoms with Gasteiger partial charge in [0, 0.05) is 22.1 Å². The zero-order valence-electron chi connectivity index (χ0n) is 9.96. The van der Waals surface area contributed by atoms with Crippen LogP contribution in [0.1, 0.15) is 25.7 Å². The van der Waals surface area contributed by atoms with E-state index >= 15 is 0 Å². The average molecular weight is 332 g/mol. The van der Waals surface area contributed by atoms with Crippen molar-refractivity contribution in [3.8, 4) is 0 Å². The fourth-order valence-electron chi connectivity index (χ4n) is 2.20. The van der Waals surface area contributed by atoms with E-state index in [1.807, 2.05) is 12.1 Å². The molecule has 1 aliphatic carbocycles. The number of nitrogens with one attached hydrogen (secondary N) is 1. The monoisotopic (exact) mass is 330 g/mol. The molecule has 3 N–H and O–H groups in total. The molecule has 0 saturated heterocycles. The molecule has 1 saturated carbocycles. The van der Waals surface area contributed by atoms with Crippen molar-refractivity contribution in [1.82, 2.24) is 0 Å². The Kier molecular flexibility index (Phi) is 4.65. The molecule has 0 aromatic heterocycles. The molecule has 98 valence electrons. The summed E-state index contributed by atoms with van der Waals surface area (Å²) in [5.74, 6) is 0.146. The molecular weight excluding hydrogens is 316 g/mol. The number of carbonyl (C=O) groups is 1. The lowest BCUT2D eigenvalue weighted by atomic mass is 9.86. The summed E-state index contributed by atoms with van der Waals surface area (Å²) in [6, 6.07) is 5.67. The summed E-state index contributed by atoms with van der Waals surface area (Å²) in [5, 5.41) is 3.51. The number of rotatable bonds is 2. The third kappa shape index (κ3) is 3.46. The maximum Gasteiger partial charge on any atom is 0.227 e. The van der Waals surface area contributed by atoms with E-state index in [1.165, 1.54) is 0 Å². The molecule has 5 heteroatoms. The lowest BCUT2D eigenvalue weighted by Gasteiger charge is -2.25. The Labute approximate surface area is 120 Å². The third-order valence-electron chi connectivity index (χ3n) is 3.33. The second-order valence-corrected chi connectivity index (χ2v) is 5.99. The zero-order valence-corrected chi connectivity index (χ0v) is 12.3. The predicted octanol–water partition coefficient (Wildman–Crippen LogP) is 3.56. The largest absolute Gasteiger partial charge is 0.328 e. The molecule has 0 heterocycles. The molecule has 2 rings (SSSR count). The Morgan fingerprint density at radius 1 is 1.33 bits per heavy atom. The highest BCUT2D eigenvalue weighted by molar-refractivity contribution is 9.10. The molecule has 1 fully saturated rings. The molecule has 1 aromatic carbocycles. The fraction of sp³-hybridized carbons (Fsp3) is 0.462. The minimum absolute atomic E-state index is 0.0697. The van der Waals surface area contributed by atoms with Gasteiger partial charge >= 0.3 is 0 Å². The van der Waals surface area contributed by atoms with E-state index in [0.717, 1.165) is 35.8 Å². The van der Waals surface area contributed by atoms with Crippen molar-refractivity contribution in [2.24, 2.45) is 11.7 Å². The molecule has 3 nitrogen and oxygen atoms in total. The lowest BCUT2D eigenvalue weighted by molar-refractivity contribution is -0.120. The zero-order chi connectivity index (χ0) is 13.1. The normalized spacial score (nSPS) is 23.7. The topological polar surface area (TPSA) is 55.1 Å². The van der Waals surface area contributed by atoms with Crippen LogP contribution >= 0.6 is 27.5 Å². The second-order valence-electron chi connectivity index (χ2n) is 4.73. The van der Waals surface area contributed by atoms with Crippen LogP contribution in [0.3, 0.4) is 0 Å². The Morgan fingerprint density at radius 3 is 2.61 bits per heavy atom. The van der Waals surface area contributed by atoms with Crippen molar-refractivity contribution in [1.29, 1.82) is 0 Å². The maximum atomic E-state index is 12.1. The van der Waals surface area contributed by atoms with Crippen LogP contribution in [0, 0.1) is 5.92 Å². The Balaban J connectivity index is 1.96. The van der Waals surface area contributed by atoms with E-state index in [2.05, 4.69) is 21.2 Å². The Morgan fingerprint density at radius 2 is 2.00 bits per heavy atom. The van der Waals surface area contributed by atoms with Crippen molar-refractivity contribution in [3.63, 3.8) is 0 Å². The summed E-state index contributed by atoms with van der Waals surface area (Å²) in [6.45, 7) is 0. The van der Waals surface area contributed by atoms with Gasteiger partial charge in [0.05, 0.1) is 5.02 Å². The second kappa shape index (κ2) is 6.04. The molecule has 0 atom stereocenters. The molecule has 0 unspecified atom stereocenters. The highest BCUT2D eigenvalue weighted by Crippen LogP contribution is 2.28. The Hall–Kier alpha value is -0.580. The summed E-state index contributed by atoms with van der Waals surface area (Å²) in [5.41, 5.74) is 6.57. The van der Waals surface area contributed by atoms with E-state index in [4.69, 9.17) is 17.3 Å². The minimum Gasteiger partial charge on any atom is -0.328 e. The SMILES string of the molecule is NC1CCC(C(=O)Nc2ccc(Br)c(Cl)c2)CC1. The minimum atomic E-state index is 0.0697. The molecular formula is C13H16BrClN2O. The molecule has 0 aliphatic heterocycles. The number of amides is 1. The van der Waals surface area contributed by atoms with Gasteiger partial charge in [-0.1, -0.05) is 11.6 Å². The van der Waals surface area contributed by atoms with E-state index in [1.54, 1.807) is 6.07 Å². The third-order valence-corrected chi connectivity index (χ3v) is 4.56. The number of hydrogen-bond donors (Lipinski definition) is 2. The molecule has 1 aliphatic rings. The van der Waals surface area contributed by atoms with Gasteiger partial charge in [-0.2, -0.15) is 0 Å². The molecule has 18 heavy (non-hydrogen) atoms. The lowest BCUT2D eigenvalue weighted by Crippen LogP contribution is -2.32. The summed E-state index contributed by atoms with van der Waals surface area (Å²) in [4.78, 5) is 12.1. The van der Waals surface area contributed by atoms with Crippen LogP contribution < -0.4 is 11.1 Å². The van der Waals surface area contributed by atoms with Gasteiger partial charge in [-0.15, -0.1) is 0 Å². The van der Waals surface area contributed by atoms with E-state index in [0.29, 0.717) is 5.02 Å². The first-order chi connectivity index (χ1) is 8.56. The van der Waals surface area contributed by atoms with E-state index < -0.39 is 0 Å². The number of halogens is 2. The van der Waals surface area contributed by atoms with Gasteiger partial charge in [-0.25, -0.2) is 0 Å². The number of benzene rings is 1. The summed E-state index contributed by atoms with van der Waals surface area (Å²) < 4.78 is 0.825. The standard InChI is InChI=1S/C13H16BrClN2O/c14-11-6-5-10(7-12(11)15)17-13(18)8-1-3-9(16)4-2-8/h5-9H,1-4,16H2,(H,17,18). The van der Waals surface area contributed by atoms with Gasteiger partial charge in [0.1, 0.15) is 0 Å². The van der Waals surface area contributed by atoms with Crippen LogP contribution in [0.4, 0.5) is 5.69 Å². The van der Waals surface area contributed by atoms with Crippen molar-refractivity contribution >= 4 is 39.1 Å². The van der Waals surface area contributed by atoms with Gasteiger partial charge in [-0.3, -0.25) is 4.79 Å². The number of nitrogens with two attached hydrogens (primary N) is 1. The highest BCUT2D eigenvalue weighted by Gasteiger charge is 2.24. The molecule has 1 aromatic rings. The van der Waals surface area contributed by atoms with Crippen LogP contribution in [0.2, 0.25) is 5.02 Å². The first-order valence-electron chi connectivity index (χ1n) is 6.08. The summed E-state index contributed by atoms with van der Waals surface area (Å²) >= 11 is 9.31. The number of carbonyl (C=O) groups excluding carboxylic acids is 1. The van der Waals surface area contributed by atoms with Gasteiger partial charge < -0.3 is 11.1 Å². The molecule has 0 bridgehead atoms. The van der Waals surface area contributed by atoms with Crippen molar-refractivity contribution in [3.05, 3.63) is 27.7 Å². The first-order valence-corrected chi connectivity index (χ1v) is 7.25. The van der Waals surface area contributed by atoms with Gasteiger partial charge in [0.25, 0.3) is 0 Å². The van der Waals surface area contributed by atoms with Gasteiger partial charge in [0.2, 0.25) is 5.91 Å². The Bertz CT molecular complexity index is 445. The van der Waals surface area contributed by atoms with Gasteiger partial charge in [-0.05, 0) is 59.8 Å². The van der Waals surface area contributed by atoms with E-state index in [-0.39, 0.29) is 17.9 Å². The van der Waals surface area contributed by atoms with Crippen LogP contribution in [0.15, 0.2) is 22.7 Å². The average Bonchev–Trinajstić information content (AvgIpc) is 2.34. The van der Waals surface area contributed by atoms with Crippen LogP contribution in [0.5, 0.6) is 0 Å². The molecule has 0 spiro atoms. The van der Waals surface area contributed by atoms with Crippen LogP contribution in [0.25, 0.3) is 0 Å². The smallest absolute Gasteiger partial charge is 0.227 e. The van der Waals surface area contributed by atoms with Crippen molar-refractivity contribution < 1.29 is 4.79 Å². The first kappa shape index (κ1) is 13.8. The maximum absolute atomic E-state index is 12.1. The number of anilines is 1. The molecule has 1 amide bonds. The summed E-state index contributed by atoms with van der Waals surface area (Å²) in [7, 11) is 0. The van der Waals surface area contributed by atoms with Crippen LogP contribution in [-0.4, -0.2) is 11.9 Å². The highest BCUT2D eigenvalue weighted by atomic mass is 79.9. The summed E-state index contributed by atoms with van der Waals surface area (Å²) in [6.07, 6.45) is 3.60.